The van der Waals surface area contributed by atoms with E-state index < -0.39 is 0 Å². The average Bonchev–Trinajstić information content (AvgIpc) is 2.20. The first kappa shape index (κ1) is 12.3. The molecule has 0 bridgehead atoms. The molecule has 1 aromatic carbocycles. The molecule has 1 aromatic rings. The topological polar surface area (TPSA) is 12.0 Å². The highest BCUT2D eigenvalue weighted by Gasteiger charge is 1.98. The van der Waals surface area contributed by atoms with Gasteiger partial charge in [-0.15, -0.1) is 0 Å². The Hall–Kier alpha value is -0.790. The van der Waals surface area contributed by atoms with Crippen LogP contribution in [0.15, 0.2) is 30.4 Å². The molecule has 1 nitrogen and oxygen atoms in total. The van der Waals surface area contributed by atoms with Gasteiger partial charge in [-0.25, -0.2) is 0 Å². The van der Waals surface area contributed by atoms with Gasteiger partial charge in [0.25, 0.3) is 0 Å². The first-order valence-electron chi connectivity index (χ1n) is 5.31. The molecule has 0 radical (unpaired) electrons. The first-order valence-corrected chi connectivity index (χ1v) is 5.68. The second-order valence-electron chi connectivity index (χ2n) is 3.63. The van der Waals surface area contributed by atoms with Crippen molar-refractivity contribution in [2.45, 2.75) is 26.8 Å². The molecule has 1 rings (SSSR count). The average molecular weight is 224 g/mol. The number of benzene rings is 1. The number of halogens is 1. The summed E-state index contributed by atoms with van der Waals surface area (Å²) in [5, 5.41) is 4.22. The van der Waals surface area contributed by atoms with Gasteiger partial charge in [0, 0.05) is 11.6 Å². The van der Waals surface area contributed by atoms with Crippen molar-refractivity contribution in [2.24, 2.45) is 0 Å². The van der Waals surface area contributed by atoms with Gasteiger partial charge in [0.2, 0.25) is 0 Å². The van der Waals surface area contributed by atoms with Crippen LogP contribution in [0.4, 0.5) is 0 Å². The lowest BCUT2D eigenvalue weighted by molar-refractivity contribution is 0.695. The molecular formula is C13H18ClN. The molecule has 0 saturated carbocycles. The predicted molar refractivity (Wildman–Crippen MR) is 67.3 cm³/mol. The number of allylic oxidation sites excluding steroid dienone is 1. The van der Waals surface area contributed by atoms with Gasteiger partial charge >= 0.3 is 0 Å². The number of rotatable bonds is 5. The van der Waals surface area contributed by atoms with E-state index in [0.29, 0.717) is 0 Å². The van der Waals surface area contributed by atoms with Crippen LogP contribution in [-0.4, -0.2) is 6.54 Å². The maximum absolute atomic E-state index is 6.12. The maximum Gasteiger partial charge on any atom is 0.0453 e. The molecule has 0 aromatic heterocycles. The molecule has 0 aliphatic rings. The highest BCUT2D eigenvalue weighted by Crippen LogP contribution is 2.17. The molecule has 0 atom stereocenters. The van der Waals surface area contributed by atoms with Crippen LogP contribution in [0.3, 0.4) is 0 Å². The lowest BCUT2D eigenvalue weighted by Crippen LogP contribution is -2.14. The van der Waals surface area contributed by atoms with E-state index in [1.807, 2.05) is 13.0 Å². The minimum atomic E-state index is 0.844. The van der Waals surface area contributed by atoms with E-state index in [-0.39, 0.29) is 0 Å². The van der Waals surface area contributed by atoms with E-state index in [4.69, 9.17) is 11.6 Å². The SMILES string of the molecule is C/C=C/CCNCc1ccc(C)cc1Cl. The molecule has 0 aliphatic heterocycles. The summed E-state index contributed by atoms with van der Waals surface area (Å²) in [6, 6.07) is 6.18. The van der Waals surface area contributed by atoms with Crippen molar-refractivity contribution in [3.8, 4) is 0 Å². The lowest BCUT2D eigenvalue weighted by atomic mass is 10.1. The van der Waals surface area contributed by atoms with Crippen LogP contribution in [0.2, 0.25) is 5.02 Å². The molecule has 0 spiro atoms. The molecule has 0 unspecified atom stereocenters. The van der Waals surface area contributed by atoms with Crippen molar-refractivity contribution in [3.63, 3.8) is 0 Å². The fraction of sp³-hybridized carbons (Fsp3) is 0.385. The molecule has 0 fully saturated rings. The number of hydrogen-bond acceptors (Lipinski definition) is 1. The number of nitrogens with one attached hydrogen (secondary N) is 1. The van der Waals surface area contributed by atoms with Gasteiger partial charge in [-0.2, -0.15) is 0 Å². The third kappa shape index (κ3) is 4.50. The molecule has 0 heterocycles. The van der Waals surface area contributed by atoms with Gasteiger partial charge in [-0.1, -0.05) is 35.9 Å². The van der Waals surface area contributed by atoms with Gasteiger partial charge in [0.15, 0.2) is 0 Å². The van der Waals surface area contributed by atoms with Crippen molar-refractivity contribution < 1.29 is 0 Å². The Labute approximate surface area is 97.1 Å². The highest BCUT2D eigenvalue weighted by molar-refractivity contribution is 6.31. The summed E-state index contributed by atoms with van der Waals surface area (Å²) in [4.78, 5) is 0. The van der Waals surface area contributed by atoms with Gasteiger partial charge in [-0.05, 0) is 44.0 Å². The Morgan fingerprint density at radius 1 is 1.40 bits per heavy atom. The summed E-state index contributed by atoms with van der Waals surface area (Å²) < 4.78 is 0. The monoisotopic (exact) mass is 223 g/mol. The standard InChI is InChI=1S/C13H18ClN/c1-3-4-5-8-15-10-12-7-6-11(2)9-13(12)14/h3-4,6-7,9,15H,5,8,10H2,1-2H3/b4-3+. The molecular weight excluding hydrogens is 206 g/mol. The fourth-order valence-corrected chi connectivity index (χ4v) is 1.67. The smallest absolute Gasteiger partial charge is 0.0453 e. The van der Waals surface area contributed by atoms with Crippen LogP contribution in [0.1, 0.15) is 24.5 Å². The summed E-state index contributed by atoms with van der Waals surface area (Å²) in [7, 11) is 0. The number of aryl methyl sites for hydroxylation is 1. The molecule has 82 valence electrons. The maximum atomic E-state index is 6.12. The Bertz CT molecular complexity index is 331. The summed E-state index contributed by atoms with van der Waals surface area (Å²) in [6.45, 7) is 5.93. The fourth-order valence-electron chi connectivity index (χ4n) is 1.37. The van der Waals surface area contributed by atoms with Crippen LogP contribution in [0.5, 0.6) is 0 Å². The summed E-state index contributed by atoms with van der Waals surface area (Å²) in [5.74, 6) is 0. The van der Waals surface area contributed by atoms with Crippen molar-refractivity contribution in [3.05, 3.63) is 46.5 Å². The zero-order valence-electron chi connectivity index (χ0n) is 9.39. The van der Waals surface area contributed by atoms with Crippen molar-refractivity contribution in [1.29, 1.82) is 0 Å². The summed E-state index contributed by atoms with van der Waals surface area (Å²) in [5.41, 5.74) is 2.38. The molecule has 2 heteroatoms. The third-order valence-corrected chi connectivity index (χ3v) is 2.60. The largest absolute Gasteiger partial charge is 0.312 e. The van der Waals surface area contributed by atoms with Crippen molar-refractivity contribution >= 4 is 11.6 Å². The third-order valence-electron chi connectivity index (χ3n) is 2.25. The van der Waals surface area contributed by atoms with Crippen LogP contribution in [0.25, 0.3) is 0 Å². The lowest BCUT2D eigenvalue weighted by Gasteiger charge is -2.06. The second-order valence-corrected chi connectivity index (χ2v) is 4.04. The van der Waals surface area contributed by atoms with E-state index in [1.165, 1.54) is 11.1 Å². The van der Waals surface area contributed by atoms with Crippen LogP contribution >= 0.6 is 11.6 Å². The summed E-state index contributed by atoms with van der Waals surface area (Å²) in [6.07, 6.45) is 5.30. The Morgan fingerprint density at radius 3 is 2.87 bits per heavy atom. The van der Waals surface area contributed by atoms with E-state index in [1.54, 1.807) is 0 Å². The molecule has 15 heavy (non-hydrogen) atoms. The minimum absolute atomic E-state index is 0.844. The first-order chi connectivity index (χ1) is 7.24. The second kappa shape index (κ2) is 6.65. The van der Waals surface area contributed by atoms with Gasteiger partial charge in [-0.3, -0.25) is 0 Å². The van der Waals surface area contributed by atoms with E-state index in [2.05, 4.69) is 36.5 Å². The zero-order valence-corrected chi connectivity index (χ0v) is 10.1. The molecule has 0 aliphatic carbocycles. The molecule has 1 N–H and O–H groups in total. The Morgan fingerprint density at radius 2 is 2.20 bits per heavy atom. The van der Waals surface area contributed by atoms with Crippen LogP contribution in [-0.2, 0) is 6.54 Å². The molecule has 0 saturated heterocycles. The summed E-state index contributed by atoms with van der Waals surface area (Å²) >= 11 is 6.12. The number of hydrogen-bond donors (Lipinski definition) is 1. The normalized spacial score (nSPS) is 11.1. The van der Waals surface area contributed by atoms with Crippen LogP contribution in [0, 0.1) is 6.92 Å². The van der Waals surface area contributed by atoms with E-state index in [0.717, 1.165) is 24.5 Å². The van der Waals surface area contributed by atoms with E-state index >= 15 is 0 Å². The Kier molecular flexibility index (Phi) is 5.44. The quantitative estimate of drug-likeness (QED) is 0.593. The zero-order chi connectivity index (χ0) is 11.1. The van der Waals surface area contributed by atoms with Gasteiger partial charge in [0.1, 0.15) is 0 Å². The van der Waals surface area contributed by atoms with Crippen molar-refractivity contribution in [2.75, 3.05) is 6.54 Å². The molecule has 0 amide bonds. The van der Waals surface area contributed by atoms with Crippen molar-refractivity contribution in [1.82, 2.24) is 5.32 Å². The predicted octanol–water partition coefficient (Wildman–Crippen LogP) is 3.70. The minimum Gasteiger partial charge on any atom is -0.312 e. The highest BCUT2D eigenvalue weighted by atomic mass is 35.5. The van der Waals surface area contributed by atoms with E-state index in [9.17, 15) is 0 Å². The Balaban J connectivity index is 2.37. The van der Waals surface area contributed by atoms with Gasteiger partial charge < -0.3 is 5.32 Å². The van der Waals surface area contributed by atoms with Crippen LogP contribution < -0.4 is 5.32 Å². The van der Waals surface area contributed by atoms with Gasteiger partial charge in [0.05, 0.1) is 0 Å².